The van der Waals surface area contributed by atoms with E-state index in [0.29, 0.717) is 12.2 Å². The maximum Gasteiger partial charge on any atom is 0.327 e. The van der Waals surface area contributed by atoms with Crippen LogP contribution in [0, 0.1) is 0 Å². The van der Waals surface area contributed by atoms with Gasteiger partial charge in [0.25, 0.3) is 0 Å². The normalized spacial score (nSPS) is 21.5. The second-order valence-corrected chi connectivity index (χ2v) is 3.09. The first-order valence-electron chi connectivity index (χ1n) is 3.92. The highest BCUT2D eigenvalue weighted by atomic mass is 16.4. The fourth-order valence-corrected chi connectivity index (χ4v) is 1.61. The lowest BCUT2D eigenvalue weighted by Crippen LogP contribution is -2.24. The Morgan fingerprint density at radius 1 is 1.77 bits per heavy atom. The minimum atomic E-state index is -0.861. The van der Waals surface area contributed by atoms with E-state index in [-0.39, 0.29) is 0 Å². The number of hydrogen-bond donors (Lipinski definition) is 1. The maximum absolute atomic E-state index is 10.9. The Balaban J connectivity index is 2.46. The van der Waals surface area contributed by atoms with Gasteiger partial charge in [-0.05, 0) is 7.05 Å². The van der Waals surface area contributed by atoms with Gasteiger partial charge >= 0.3 is 5.97 Å². The highest BCUT2D eigenvalue weighted by molar-refractivity contribution is 5.76. The number of aromatic nitrogens is 2. The van der Waals surface area contributed by atoms with Crippen molar-refractivity contribution < 1.29 is 9.90 Å². The summed E-state index contributed by atoms with van der Waals surface area (Å²) in [5.74, 6) is -0.861. The van der Waals surface area contributed by atoms with E-state index >= 15 is 0 Å². The van der Waals surface area contributed by atoms with Gasteiger partial charge in [-0.2, -0.15) is 0 Å². The van der Waals surface area contributed by atoms with Gasteiger partial charge in [-0.15, -0.1) is 0 Å². The zero-order valence-electron chi connectivity index (χ0n) is 7.14. The standard InChI is InChI=1S/C8H9N3O2/c1-11-3-5-2-9-4-10-6(5)7(11)8(12)13/h2,4,7H,3H2,1H3,(H,12,13). The smallest absolute Gasteiger partial charge is 0.327 e. The van der Waals surface area contributed by atoms with Crippen LogP contribution in [0.25, 0.3) is 0 Å². The molecule has 1 unspecified atom stereocenters. The Kier molecular flexibility index (Phi) is 1.73. The number of hydrogen-bond acceptors (Lipinski definition) is 4. The van der Waals surface area contributed by atoms with Crippen LogP contribution in [0.1, 0.15) is 17.3 Å². The molecule has 1 atom stereocenters. The third-order valence-corrected chi connectivity index (χ3v) is 2.18. The molecule has 0 aromatic carbocycles. The minimum Gasteiger partial charge on any atom is -0.480 e. The molecule has 2 heterocycles. The molecule has 0 saturated carbocycles. The van der Waals surface area contributed by atoms with Crippen molar-refractivity contribution >= 4 is 5.97 Å². The summed E-state index contributed by atoms with van der Waals surface area (Å²) >= 11 is 0. The molecular weight excluding hydrogens is 170 g/mol. The second kappa shape index (κ2) is 2.77. The average Bonchev–Trinajstić information content (AvgIpc) is 2.39. The van der Waals surface area contributed by atoms with E-state index in [0.717, 1.165) is 5.56 Å². The predicted octanol–water partition coefficient (Wildman–Crippen LogP) is 0.0477. The van der Waals surface area contributed by atoms with E-state index in [4.69, 9.17) is 5.11 Å². The largest absolute Gasteiger partial charge is 0.480 e. The maximum atomic E-state index is 10.9. The van der Waals surface area contributed by atoms with Crippen molar-refractivity contribution in [2.24, 2.45) is 0 Å². The zero-order valence-corrected chi connectivity index (χ0v) is 7.14. The van der Waals surface area contributed by atoms with E-state index in [1.807, 2.05) is 0 Å². The lowest BCUT2D eigenvalue weighted by atomic mass is 10.2. The Hall–Kier alpha value is -1.49. The molecule has 68 valence electrons. The first-order chi connectivity index (χ1) is 6.20. The lowest BCUT2D eigenvalue weighted by molar-refractivity contribution is -0.142. The average molecular weight is 179 g/mol. The van der Waals surface area contributed by atoms with Crippen molar-refractivity contribution in [2.75, 3.05) is 7.05 Å². The van der Waals surface area contributed by atoms with E-state index < -0.39 is 12.0 Å². The molecule has 1 aromatic heterocycles. The molecular formula is C8H9N3O2. The first-order valence-corrected chi connectivity index (χ1v) is 3.92. The monoisotopic (exact) mass is 179 g/mol. The molecule has 0 radical (unpaired) electrons. The number of carboxylic acids is 1. The summed E-state index contributed by atoms with van der Waals surface area (Å²) in [6.07, 6.45) is 3.05. The van der Waals surface area contributed by atoms with Crippen molar-refractivity contribution in [1.82, 2.24) is 14.9 Å². The number of rotatable bonds is 1. The highest BCUT2D eigenvalue weighted by Gasteiger charge is 2.34. The number of carbonyl (C=O) groups is 1. The predicted molar refractivity (Wildman–Crippen MR) is 43.9 cm³/mol. The van der Waals surface area contributed by atoms with Gasteiger partial charge in [0, 0.05) is 18.3 Å². The molecule has 0 saturated heterocycles. The number of likely N-dealkylation sites (N-methyl/N-ethyl adjacent to an activating group) is 1. The van der Waals surface area contributed by atoms with Crippen molar-refractivity contribution in [1.29, 1.82) is 0 Å². The van der Waals surface area contributed by atoms with E-state index in [2.05, 4.69) is 9.97 Å². The van der Waals surface area contributed by atoms with E-state index in [9.17, 15) is 4.79 Å². The lowest BCUT2D eigenvalue weighted by Gasteiger charge is -2.13. The van der Waals surface area contributed by atoms with Gasteiger partial charge in [0.2, 0.25) is 0 Å². The molecule has 0 amide bonds. The van der Waals surface area contributed by atoms with Crippen LogP contribution in [0.15, 0.2) is 12.5 Å². The molecule has 1 aromatic rings. The van der Waals surface area contributed by atoms with Gasteiger partial charge in [0.05, 0.1) is 5.69 Å². The van der Waals surface area contributed by atoms with Gasteiger partial charge in [-0.1, -0.05) is 0 Å². The van der Waals surface area contributed by atoms with Crippen LogP contribution in [0.5, 0.6) is 0 Å². The second-order valence-electron chi connectivity index (χ2n) is 3.09. The van der Waals surface area contributed by atoms with Crippen LogP contribution in [0.2, 0.25) is 0 Å². The van der Waals surface area contributed by atoms with Gasteiger partial charge < -0.3 is 5.11 Å². The molecule has 1 aliphatic rings. The van der Waals surface area contributed by atoms with Crippen LogP contribution < -0.4 is 0 Å². The topological polar surface area (TPSA) is 66.3 Å². The molecule has 1 aliphatic heterocycles. The van der Waals surface area contributed by atoms with Crippen molar-refractivity contribution in [3.63, 3.8) is 0 Å². The number of aliphatic carboxylic acids is 1. The molecule has 2 rings (SSSR count). The molecule has 0 aliphatic carbocycles. The van der Waals surface area contributed by atoms with E-state index in [1.165, 1.54) is 6.33 Å². The van der Waals surface area contributed by atoms with Crippen LogP contribution in [0.4, 0.5) is 0 Å². The third kappa shape index (κ3) is 1.17. The highest BCUT2D eigenvalue weighted by Crippen LogP contribution is 2.29. The summed E-state index contributed by atoms with van der Waals surface area (Å²) in [6, 6.07) is -0.613. The Morgan fingerprint density at radius 3 is 3.23 bits per heavy atom. The fraction of sp³-hybridized carbons (Fsp3) is 0.375. The van der Waals surface area contributed by atoms with Gasteiger partial charge in [-0.25, -0.2) is 9.97 Å². The summed E-state index contributed by atoms with van der Waals surface area (Å²) in [7, 11) is 1.76. The molecule has 13 heavy (non-hydrogen) atoms. The number of carboxylic acid groups (broad SMARTS) is 1. The number of nitrogens with zero attached hydrogens (tertiary/aromatic N) is 3. The quantitative estimate of drug-likeness (QED) is 0.659. The van der Waals surface area contributed by atoms with Crippen LogP contribution in [-0.2, 0) is 11.3 Å². The Bertz CT molecular complexity index is 353. The molecule has 0 fully saturated rings. The van der Waals surface area contributed by atoms with Gasteiger partial charge in [-0.3, -0.25) is 9.69 Å². The molecule has 5 heteroatoms. The SMILES string of the molecule is CN1Cc2cncnc2C1C(=O)O. The summed E-state index contributed by atoms with van der Waals surface area (Å²) in [6.45, 7) is 0.604. The van der Waals surface area contributed by atoms with Crippen LogP contribution in [-0.4, -0.2) is 33.0 Å². The minimum absolute atomic E-state index is 0.604. The molecule has 5 nitrogen and oxygen atoms in total. The van der Waals surface area contributed by atoms with Crippen molar-refractivity contribution in [2.45, 2.75) is 12.6 Å². The number of fused-ring (bicyclic) bond motifs is 1. The van der Waals surface area contributed by atoms with Crippen molar-refractivity contribution in [3.05, 3.63) is 23.8 Å². The molecule has 0 bridgehead atoms. The third-order valence-electron chi connectivity index (χ3n) is 2.18. The van der Waals surface area contributed by atoms with Gasteiger partial charge in [0.15, 0.2) is 6.04 Å². The molecule has 1 N–H and O–H groups in total. The van der Waals surface area contributed by atoms with E-state index in [1.54, 1.807) is 18.1 Å². The van der Waals surface area contributed by atoms with Crippen LogP contribution in [0.3, 0.4) is 0 Å². The van der Waals surface area contributed by atoms with Gasteiger partial charge in [0.1, 0.15) is 6.33 Å². The summed E-state index contributed by atoms with van der Waals surface area (Å²) in [5.41, 5.74) is 1.52. The molecule has 0 spiro atoms. The van der Waals surface area contributed by atoms with Crippen LogP contribution >= 0.6 is 0 Å². The van der Waals surface area contributed by atoms with Crippen molar-refractivity contribution in [3.8, 4) is 0 Å². The Morgan fingerprint density at radius 2 is 2.54 bits per heavy atom. The fourth-order valence-electron chi connectivity index (χ4n) is 1.61. The first kappa shape index (κ1) is 8.12. The summed E-state index contributed by atoms with van der Waals surface area (Å²) in [5, 5.41) is 8.93. The Labute approximate surface area is 75.0 Å². The summed E-state index contributed by atoms with van der Waals surface area (Å²) in [4.78, 5) is 20.4. The summed E-state index contributed by atoms with van der Waals surface area (Å²) < 4.78 is 0. The zero-order chi connectivity index (χ0) is 9.42.